The highest BCUT2D eigenvalue weighted by Gasteiger charge is 2.16. The molecule has 0 amide bonds. The minimum absolute atomic E-state index is 0.0887. The van der Waals surface area contributed by atoms with E-state index in [4.69, 9.17) is 4.74 Å². The molecule has 2 rings (SSSR count). The van der Waals surface area contributed by atoms with Gasteiger partial charge in [0, 0.05) is 37.5 Å². The van der Waals surface area contributed by atoms with E-state index >= 15 is 0 Å². The van der Waals surface area contributed by atoms with Gasteiger partial charge in [-0.15, -0.1) is 0 Å². The second-order valence-corrected chi connectivity index (χ2v) is 4.88. The molecule has 1 aliphatic rings. The maximum Gasteiger partial charge on any atom is 0.275 e. The Hall–Kier alpha value is -1.82. The highest BCUT2D eigenvalue weighted by Crippen LogP contribution is 2.29. The van der Waals surface area contributed by atoms with E-state index in [9.17, 15) is 10.1 Å². The molecule has 0 aliphatic carbocycles. The number of non-ortho nitro benzene ring substituents is 1. The first kappa shape index (κ1) is 14.6. The van der Waals surface area contributed by atoms with E-state index < -0.39 is 0 Å². The summed E-state index contributed by atoms with van der Waals surface area (Å²) in [6, 6.07) is 5.02. The fourth-order valence-corrected chi connectivity index (χ4v) is 2.26. The number of hydrogen-bond donors (Lipinski definition) is 1. The Balaban J connectivity index is 2.25. The maximum absolute atomic E-state index is 11.0. The summed E-state index contributed by atoms with van der Waals surface area (Å²) in [5, 5.41) is 14.4. The fourth-order valence-electron chi connectivity index (χ4n) is 2.26. The maximum atomic E-state index is 11.0. The zero-order chi connectivity index (χ0) is 14.4. The number of anilines is 1. The average Bonchev–Trinajstić information content (AvgIpc) is 2.73. The third-order valence-corrected chi connectivity index (χ3v) is 3.26. The van der Waals surface area contributed by atoms with Crippen LogP contribution >= 0.6 is 0 Å². The summed E-state index contributed by atoms with van der Waals surface area (Å²) in [6.45, 7) is 6.23. The van der Waals surface area contributed by atoms with Gasteiger partial charge in [0.2, 0.25) is 0 Å². The summed E-state index contributed by atoms with van der Waals surface area (Å²) in [5.41, 5.74) is 0.958. The standard InChI is InChI=1S/C14H21N3O3/c1-2-8-20-14-10-12(9-13(11-14)17(18)19)16-6-3-4-15-5-7-16/h9-11,15H,2-8H2,1H3. The molecule has 110 valence electrons. The van der Waals surface area contributed by atoms with Gasteiger partial charge >= 0.3 is 0 Å². The van der Waals surface area contributed by atoms with E-state index in [2.05, 4.69) is 10.2 Å². The lowest BCUT2D eigenvalue weighted by molar-refractivity contribution is -0.384. The minimum atomic E-state index is -0.363. The van der Waals surface area contributed by atoms with E-state index in [1.54, 1.807) is 6.07 Å². The number of nitro benzene ring substituents is 1. The van der Waals surface area contributed by atoms with Gasteiger partial charge in [-0.3, -0.25) is 10.1 Å². The molecule has 6 heteroatoms. The van der Waals surface area contributed by atoms with E-state index in [0.29, 0.717) is 12.4 Å². The topological polar surface area (TPSA) is 67.6 Å². The molecule has 1 saturated heterocycles. The van der Waals surface area contributed by atoms with Gasteiger partial charge < -0.3 is 15.0 Å². The predicted molar refractivity (Wildman–Crippen MR) is 78.6 cm³/mol. The van der Waals surface area contributed by atoms with E-state index in [0.717, 1.165) is 44.7 Å². The number of nitrogens with one attached hydrogen (secondary N) is 1. The van der Waals surface area contributed by atoms with Crippen molar-refractivity contribution in [2.45, 2.75) is 19.8 Å². The summed E-state index contributed by atoms with van der Waals surface area (Å²) in [7, 11) is 0. The Morgan fingerprint density at radius 2 is 2.20 bits per heavy atom. The third kappa shape index (κ3) is 3.84. The Morgan fingerprint density at radius 1 is 1.35 bits per heavy atom. The van der Waals surface area contributed by atoms with Crippen LogP contribution in [0, 0.1) is 10.1 Å². The zero-order valence-corrected chi connectivity index (χ0v) is 11.8. The van der Waals surface area contributed by atoms with Crippen molar-refractivity contribution in [1.29, 1.82) is 0 Å². The molecule has 0 saturated carbocycles. The van der Waals surface area contributed by atoms with E-state index in [-0.39, 0.29) is 10.6 Å². The molecule has 20 heavy (non-hydrogen) atoms. The van der Waals surface area contributed by atoms with Crippen LogP contribution in [0.2, 0.25) is 0 Å². The van der Waals surface area contributed by atoms with Crippen molar-refractivity contribution in [3.8, 4) is 5.75 Å². The highest BCUT2D eigenvalue weighted by atomic mass is 16.6. The smallest absolute Gasteiger partial charge is 0.275 e. The lowest BCUT2D eigenvalue weighted by Gasteiger charge is -2.22. The van der Waals surface area contributed by atoms with Crippen LogP contribution in [0.1, 0.15) is 19.8 Å². The van der Waals surface area contributed by atoms with Gasteiger partial charge in [-0.05, 0) is 19.4 Å². The van der Waals surface area contributed by atoms with Crippen LogP contribution in [0.15, 0.2) is 18.2 Å². The lowest BCUT2D eigenvalue weighted by atomic mass is 10.2. The van der Waals surface area contributed by atoms with E-state index in [1.165, 1.54) is 6.07 Å². The molecule has 0 atom stereocenters. The third-order valence-electron chi connectivity index (χ3n) is 3.26. The zero-order valence-electron chi connectivity index (χ0n) is 11.8. The summed E-state index contributed by atoms with van der Waals surface area (Å²) in [4.78, 5) is 12.9. The predicted octanol–water partition coefficient (Wildman–Crippen LogP) is 2.18. The number of rotatable bonds is 5. The molecular weight excluding hydrogens is 258 g/mol. The van der Waals surface area contributed by atoms with E-state index in [1.807, 2.05) is 13.0 Å². The van der Waals surface area contributed by atoms with Crippen molar-refractivity contribution in [3.05, 3.63) is 28.3 Å². The van der Waals surface area contributed by atoms with Gasteiger partial charge in [-0.25, -0.2) is 0 Å². The largest absolute Gasteiger partial charge is 0.493 e. The first-order valence-corrected chi connectivity index (χ1v) is 7.08. The van der Waals surface area contributed by atoms with Crippen LogP contribution in [0.4, 0.5) is 11.4 Å². The van der Waals surface area contributed by atoms with Crippen LogP contribution in [0.3, 0.4) is 0 Å². The number of hydrogen-bond acceptors (Lipinski definition) is 5. The normalized spacial score (nSPS) is 15.8. The molecule has 1 fully saturated rings. The lowest BCUT2D eigenvalue weighted by Crippen LogP contribution is -2.27. The van der Waals surface area contributed by atoms with Crippen molar-refractivity contribution in [1.82, 2.24) is 5.32 Å². The molecule has 0 spiro atoms. The fraction of sp³-hybridized carbons (Fsp3) is 0.571. The summed E-state index contributed by atoms with van der Waals surface area (Å²) >= 11 is 0. The summed E-state index contributed by atoms with van der Waals surface area (Å²) < 4.78 is 5.56. The average molecular weight is 279 g/mol. The molecule has 0 aromatic heterocycles. The molecular formula is C14H21N3O3. The van der Waals surface area contributed by atoms with Crippen LogP contribution in [0.25, 0.3) is 0 Å². The Kier molecular flexibility index (Phi) is 5.17. The quantitative estimate of drug-likeness (QED) is 0.661. The number of benzene rings is 1. The Labute approximate surface area is 118 Å². The first-order valence-electron chi connectivity index (χ1n) is 7.08. The van der Waals surface area contributed by atoms with Crippen LogP contribution in [-0.2, 0) is 0 Å². The van der Waals surface area contributed by atoms with Crippen LogP contribution < -0.4 is 15.0 Å². The molecule has 6 nitrogen and oxygen atoms in total. The van der Waals surface area contributed by atoms with Crippen molar-refractivity contribution >= 4 is 11.4 Å². The van der Waals surface area contributed by atoms with Crippen molar-refractivity contribution in [2.75, 3.05) is 37.7 Å². The van der Waals surface area contributed by atoms with Gasteiger partial charge in [-0.2, -0.15) is 0 Å². The first-order chi connectivity index (χ1) is 9.70. The molecule has 1 N–H and O–H groups in total. The van der Waals surface area contributed by atoms with Crippen LogP contribution in [0.5, 0.6) is 5.75 Å². The van der Waals surface area contributed by atoms with Crippen LogP contribution in [-0.4, -0.2) is 37.7 Å². The SMILES string of the molecule is CCCOc1cc(N2CCCNCC2)cc([N+](=O)[O-])c1. The van der Waals surface area contributed by atoms with Crippen molar-refractivity contribution < 1.29 is 9.66 Å². The molecule has 1 aliphatic heterocycles. The second-order valence-electron chi connectivity index (χ2n) is 4.88. The second kappa shape index (κ2) is 7.09. The number of ether oxygens (including phenoxy) is 1. The van der Waals surface area contributed by atoms with Gasteiger partial charge in [0.1, 0.15) is 5.75 Å². The van der Waals surface area contributed by atoms with Gasteiger partial charge in [-0.1, -0.05) is 6.92 Å². The molecule has 1 aromatic rings. The summed E-state index contributed by atoms with van der Waals surface area (Å²) in [5.74, 6) is 0.577. The minimum Gasteiger partial charge on any atom is -0.493 e. The van der Waals surface area contributed by atoms with Gasteiger partial charge in [0.05, 0.1) is 17.6 Å². The molecule has 0 unspecified atom stereocenters. The Morgan fingerprint density at radius 3 is 2.95 bits per heavy atom. The number of nitro groups is 1. The van der Waals surface area contributed by atoms with Gasteiger partial charge in [0.15, 0.2) is 0 Å². The molecule has 0 radical (unpaired) electrons. The van der Waals surface area contributed by atoms with Gasteiger partial charge in [0.25, 0.3) is 5.69 Å². The molecule has 1 aromatic carbocycles. The molecule has 0 bridgehead atoms. The monoisotopic (exact) mass is 279 g/mol. The van der Waals surface area contributed by atoms with Crippen molar-refractivity contribution in [3.63, 3.8) is 0 Å². The highest BCUT2D eigenvalue weighted by molar-refractivity contribution is 5.58. The van der Waals surface area contributed by atoms with Crippen molar-refractivity contribution in [2.24, 2.45) is 0 Å². The molecule has 1 heterocycles. The summed E-state index contributed by atoms with van der Waals surface area (Å²) in [6.07, 6.45) is 1.92. The number of nitrogens with zero attached hydrogens (tertiary/aromatic N) is 2. The Bertz CT molecular complexity index is 457.